The number of methoxy groups -OCH3 is 2. The molecule has 0 aromatic heterocycles. The second kappa shape index (κ2) is 9.10. The molecule has 140 valence electrons. The number of rotatable bonds is 8. The van der Waals surface area contributed by atoms with E-state index in [-0.39, 0.29) is 17.4 Å². The van der Waals surface area contributed by atoms with Crippen LogP contribution in [0, 0.1) is 5.92 Å². The van der Waals surface area contributed by atoms with Crippen LogP contribution >= 0.6 is 11.8 Å². The zero-order chi connectivity index (χ0) is 19.2. The highest BCUT2D eigenvalue weighted by Gasteiger charge is 2.29. The number of hydrogen-bond donors (Lipinski definition) is 0. The first kappa shape index (κ1) is 21.3. The molecule has 1 aromatic rings. The van der Waals surface area contributed by atoms with E-state index in [1.54, 1.807) is 25.1 Å². The van der Waals surface area contributed by atoms with Crippen LogP contribution in [0.3, 0.4) is 0 Å². The maximum atomic E-state index is 12.6. The number of thioether (sulfide) groups is 1. The van der Waals surface area contributed by atoms with E-state index in [0.29, 0.717) is 17.1 Å². The fourth-order valence-corrected chi connectivity index (χ4v) is 3.66. The van der Waals surface area contributed by atoms with E-state index in [0.717, 1.165) is 22.3 Å². The molecular formula is C16H23NO6S2. The van der Waals surface area contributed by atoms with Crippen LogP contribution in [0.15, 0.2) is 18.2 Å². The Bertz CT molecular complexity index is 732. The van der Waals surface area contributed by atoms with Crippen LogP contribution in [0.5, 0.6) is 11.5 Å². The van der Waals surface area contributed by atoms with Gasteiger partial charge >= 0.3 is 0 Å². The second-order valence-corrected chi connectivity index (χ2v) is 8.57. The van der Waals surface area contributed by atoms with Crippen molar-refractivity contribution in [2.75, 3.05) is 26.2 Å². The van der Waals surface area contributed by atoms with Crippen molar-refractivity contribution >= 4 is 32.8 Å². The van der Waals surface area contributed by atoms with Crippen LogP contribution in [0.4, 0.5) is 0 Å². The van der Waals surface area contributed by atoms with Crippen molar-refractivity contribution in [1.29, 1.82) is 0 Å². The Morgan fingerprint density at radius 1 is 1.24 bits per heavy atom. The Balaban J connectivity index is 3.14. The second-order valence-electron chi connectivity index (χ2n) is 5.46. The van der Waals surface area contributed by atoms with Gasteiger partial charge in [0.2, 0.25) is 15.9 Å². The average Bonchev–Trinajstić information content (AvgIpc) is 2.55. The largest absolute Gasteiger partial charge is 0.493 e. The molecule has 0 saturated carbocycles. The quantitative estimate of drug-likeness (QED) is 0.671. The van der Waals surface area contributed by atoms with Crippen LogP contribution in [-0.4, -0.2) is 50.0 Å². The van der Waals surface area contributed by atoms with Gasteiger partial charge in [-0.25, -0.2) is 12.7 Å². The molecule has 0 spiro atoms. The molecule has 0 fully saturated rings. The van der Waals surface area contributed by atoms with Crippen molar-refractivity contribution in [2.45, 2.75) is 20.4 Å². The number of hydrogen-bond acceptors (Lipinski definition) is 7. The number of para-hydroxylation sites is 1. The highest BCUT2D eigenvalue weighted by atomic mass is 32.2. The van der Waals surface area contributed by atoms with Crippen molar-refractivity contribution in [3.8, 4) is 11.5 Å². The molecule has 0 aliphatic heterocycles. The summed E-state index contributed by atoms with van der Waals surface area (Å²) in [7, 11) is -0.878. The van der Waals surface area contributed by atoms with E-state index in [1.807, 2.05) is 0 Å². The third-order valence-electron chi connectivity index (χ3n) is 3.40. The minimum atomic E-state index is -3.80. The lowest BCUT2D eigenvalue weighted by molar-refractivity contribution is -0.129. The monoisotopic (exact) mass is 389 g/mol. The molecule has 0 aliphatic carbocycles. The smallest absolute Gasteiger partial charge is 0.240 e. The zero-order valence-electron chi connectivity index (χ0n) is 14.9. The van der Waals surface area contributed by atoms with Crippen molar-refractivity contribution < 1.29 is 27.5 Å². The summed E-state index contributed by atoms with van der Waals surface area (Å²) in [5.74, 6) is -0.158. The SMILES string of the molecule is COc1cccc(CN(C(=O)C(C)CSC(C)=O)S(C)(=O)=O)c1OC. The van der Waals surface area contributed by atoms with Gasteiger partial charge in [-0.05, 0) is 6.07 Å². The van der Waals surface area contributed by atoms with E-state index in [2.05, 4.69) is 0 Å². The molecule has 0 N–H and O–H groups in total. The first-order valence-corrected chi connectivity index (χ1v) is 10.3. The van der Waals surface area contributed by atoms with Crippen LogP contribution in [0.25, 0.3) is 0 Å². The molecule has 0 saturated heterocycles. The number of carbonyl (C=O) groups is 2. The van der Waals surface area contributed by atoms with Crippen LogP contribution in [0.1, 0.15) is 19.4 Å². The fourth-order valence-electron chi connectivity index (χ4n) is 2.15. The number of ether oxygens (including phenoxy) is 2. The van der Waals surface area contributed by atoms with Gasteiger partial charge < -0.3 is 9.47 Å². The molecule has 25 heavy (non-hydrogen) atoms. The highest BCUT2D eigenvalue weighted by molar-refractivity contribution is 8.13. The summed E-state index contributed by atoms with van der Waals surface area (Å²) in [5, 5.41) is -0.125. The van der Waals surface area contributed by atoms with E-state index in [1.165, 1.54) is 21.1 Å². The Morgan fingerprint density at radius 2 is 1.88 bits per heavy atom. The predicted octanol–water partition coefficient (Wildman–Crippen LogP) is 1.91. The number of amides is 1. The van der Waals surface area contributed by atoms with Gasteiger partial charge in [-0.2, -0.15) is 0 Å². The van der Waals surface area contributed by atoms with Crippen LogP contribution < -0.4 is 9.47 Å². The molecule has 9 heteroatoms. The summed E-state index contributed by atoms with van der Waals surface area (Å²) in [6.07, 6.45) is 0.975. The number of benzene rings is 1. The number of nitrogens with zero attached hydrogens (tertiary/aromatic N) is 1. The molecule has 7 nitrogen and oxygen atoms in total. The summed E-state index contributed by atoms with van der Waals surface area (Å²) in [5.41, 5.74) is 0.507. The van der Waals surface area contributed by atoms with E-state index in [4.69, 9.17) is 9.47 Å². The summed E-state index contributed by atoms with van der Waals surface area (Å²) in [4.78, 5) is 23.7. The average molecular weight is 389 g/mol. The first-order chi connectivity index (χ1) is 11.6. The van der Waals surface area contributed by atoms with Crippen LogP contribution in [-0.2, 0) is 26.2 Å². The normalized spacial score (nSPS) is 12.4. The van der Waals surface area contributed by atoms with Gasteiger partial charge in [-0.1, -0.05) is 30.8 Å². The third kappa shape index (κ3) is 5.93. The summed E-state index contributed by atoms with van der Waals surface area (Å²) < 4.78 is 35.6. The van der Waals surface area contributed by atoms with Crippen molar-refractivity contribution in [1.82, 2.24) is 4.31 Å². The van der Waals surface area contributed by atoms with Gasteiger partial charge in [0.25, 0.3) is 0 Å². The summed E-state index contributed by atoms with van der Waals surface area (Å²) >= 11 is 0.990. The Morgan fingerprint density at radius 3 is 2.36 bits per heavy atom. The molecule has 0 bridgehead atoms. The summed E-state index contributed by atoms with van der Waals surface area (Å²) in [6.45, 7) is 2.82. The maximum Gasteiger partial charge on any atom is 0.240 e. The third-order valence-corrected chi connectivity index (χ3v) is 5.59. The Labute approximate surface area is 152 Å². The highest BCUT2D eigenvalue weighted by Crippen LogP contribution is 2.32. The van der Waals surface area contributed by atoms with Gasteiger partial charge in [0.05, 0.1) is 27.0 Å². The van der Waals surface area contributed by atoms with E-state index in [9.17, 15) is 18.0 Å². The fraction of sp³-hybridized carbons (Fsp3) is 0.500. The van der Waals surface area contributed by atoms with Gasteiger partial charge in [0, 0.05) is 24.2 Å². The molecule has 1 aromatic carbocycles. The van der Waals surface area contributed by atoms with Gasteiger partial charge in [0.1, 0.15) is 0 Å². The van der Waals surface area contributed by atoms with Gasteiger partial charge in [-0.3, -0.25) is 9.59 Å². The minimum Gasteiger partial charge on any atom is -0.493 e. The van der Waals surface area contributed by atoms with Crippen molar-refractivity contribution in [3.05, 3.63) is 23.8 Å². The van der Waals surface area contributed by atoms with E-state index < -0.39 is 21.8 Å². The van der Waals surface area contributed by atoms with Gasteiger partial charge in [-0.15, -0.1) is 0 Å². The van der Waals surface area contributed by atoms with E-state index >= 15 is 0 Å². The number of carbonyl (C=O) groups excluding carboxylic acids is 2. The predicted molar refractivity (Wildman–Crippen MR) is 97.2 cm³/mol. The Kier molecular flexibility index (Phi) is 7.75. The molecule has 1 amide bonds. The van der Waals surface area contributed by atoms with Crippen molar-refractivity contribution in [3.63, 3.8) is 0 Å². The molecule has 1 atom stereocenters. The molecular weight excluding hydrogens is 366 g/mol. The molecule has 0 aliphatic rings. The standard InChI is InChI=1S/C16H23NO6S2/c1-11(10-24-12(2)18)16(19)17(25(5,20)21)9-13-7-6-8-14(22-3)15(13)23-4/h6-8,11H,9-10H2,1-5H3. The topological polar surface area (TPSA) is 90.0 Å². The minimum absolute atomic E-state index is 0.125. The molecule has 0 radical (unpaired) electrons. The number of sulfonamides is 1. The Hall–Kier alpha value is -1.74. The molecule has 1 unspecified atom stereocenters. The van der Waals surface area contributed by atoms with Gasteiger partial charge in [0.15, 0.2) is 16.6 Å². The maximum absolute atomic E-state index is 12.6. The zero-order valence-corrected chi connectivity index (χ0v) is 16.6. The molecule has 0 heterocycles. The molecule has 1 rings (SSSR count). The lowest BCUT2D eigenvalue weighted by atomic mass is 10.1. The van der Waals surface area contributed by atoms with Crippen molar-refractivity contribution in [2.24, 2.45) is 5.92 Å². The summed E-state index contributed by atoms with van der Waals surface area (Å²) in [6, 6.07) is 5.04. The van der Waals surface area contributed by atoms with Crippen LogP contribution in [0.2, 0.25) is 0 Å². The lowest BCUT2D eigenvalue weighted by Gasteiger charge is -2.24. The first-order valence-electron chi connectivity index (χ1n) is 7.46. The lowest BCUT2D eigenvalue weighted by Crippen LogP contribution is -2.39.